The van der Waals surface area contributed by atoms with E-state index in [2.05, 4.69) is 0 Å². The summed E-state index contributed by atoms with van der Waals surface area (Å²) in [5.41, 5.74) is 1.33. The van der Waals surface area contributed by atoms with Crippen LogP contribution in [0, 0.1) is 0 Å². The summed E-state index contributed by atoms with van der Waals surface area (Å²) in [6, 6.07) is 13.6. The Balaban J connectivity index is 0. The zero-order valence-corrected chi connectivity index (χ0v) is 16.2. The van der Waals surface area contributed by atoms with Crippen molar-refractivity contribution in [2.24, 2.45) is 0 Å². The van der Waals surface area contributed by atoms with Crippen LogP contribution in [-0.4, -0.2) is 12.2 Å². The normalized spacial score (nSPS) is 9.33. The second kappa shape index (κ2) is 14.1. The van der Waals surface area contributed by atoms with Crippen molar-refractivity contribution in [2.45, 2.75) is 46.3 Å². The molecule has 24 heavy (non-hydrogen) atoms. The van der Waals surface area contributed by atoms with Gasteiger partial charge in [-0.1, -0.05) is 87.4 Å². The van der Waals surface area contributed by atoms with Gasteiger partial charge in [0.1, 0.15) is 0 Å². The average molecular weight is 364 g/mol. The number of rotatable bonds is 2. The van der Waals surface area contributed by atoms with Gasteiger partial charge in [0.2, 0.25) is 0 Å². The van der Waals surface area contributed by atoms with Crippen molar-refractivity contribution in [3.63, 3.8) is 0 Å². The molecule has 2 aromatic carbocycles. The van der Waals surface area contributed by atoms with Gasteiger partial charge in [0.15, 0.2) is 0 Å². The smallest absolute Gasteiger partial charge is 0.872 e. The third-order valence-electron chi connectivity index (χ3n) is 2.33. The SMILES string of the molecule is CC(C)[O-].CC(C)[O-].[O-]c1ccccc1Cc1ccccc1[O-].[Ti+4]. The Bertz CT molecular complexity index is 502. The Kier molecular flexibility index (Phi) is 14.6. The van der Waals surface area contributed by atoms with E-state index in [4.69, 9.17) is 0 Å². The van der Waals surface area contributed by atoms with Gasteiger partial charge in [-0.3, -0.25) is 0 Å². The Morgan fingerprint density at radius 2 is 0.917 bits per heavy atom. The molecule has 0 saturated heterocycles. The molecule has 5 heteroatoms. The van der Waals surface area contributed by atoms with Crippen LogP contribution in [-0.2, 0) is 28.1 Å². The fourth-order valence-electron chi connectivity index (χ4n) is 1.50. The molecular weight excluding hydrogens is 340 g/mol. The third kappa shape index (κ3) is 13.1. The van der Waals surface area contributed by atoms with E-state index in [1.54, 1.807) is 52.0 Å². The van der Waals surface area contributed by atoms with Crippen molar-refractivity contribution in [1.82, 2.24) is 0 Å². The van der Waals surface area contributed by atoms with E-state index < -0.39 is 12.2 Å². The average Bonchev–Trinajstić information content (AvgIpc) is 2.42. The molecule has 0 fully saturated rings. The molecule has 0 bridgehead atoms. The molecule has 0 N–H and O–H groups in total. The third-order valence-corrected chi connectivity index (χ3v) is 2.33. The molecule has 0 radical (unpaired) electrons. The van der Waals surface area contributed by atoms with Crippen LogP contribution in [0.15, 0.2) is 48.5 Å². The maximum Gasteiger partial charge on any atom is 4.00 e. The van der Waals surface area contributed by atoms with Crippen molar-refractivity contribution < 1.29 is 42.1 Å². The van der Waals surface area contributed by atoms with E-state index in [1.807, 2.05) is 12.1 Å². The molecule has 0 atom stereocenters. The second-order valence-corrected chi connectivity index (χ2v) is 5.49. The molecule has 0 saturated carbocycles. The molecule has 0 aliphatic carbocycles. The van der Waals surface area contributed by atoms with E-state index >= 15 is 0 Å². The number of hydrogen-bond acceptors (Lipinski definition) is 4. The van der Waals surface area contributed by atoms with Crippen molar-refractivity contribution in [1.29, 1.82) is 0 Å². The summed E-state index contributed by atoms with van der Waals surface area (Å²) in [5, 5.41) is 41.9. The van der Waals surface area contributed by atoms with Crippen LogP contribution in [0.3, 0.4) is 0 Å². The zero-order valence-electron chi connectivity index (χ0n) is 14.6. The molecule has 4 nitrogen and oxygen atoms in total. The van der Waals surface area contributed by atoms with Gasteiger partial charge in [-0.15, -0.1) is 23.7 Å². The van der Waals surface area contributed by atoms with E-state index in [1.165, 1.54) is 12.1 Å². The van der Waals surface area contributed by atoms with Crippen LogP contribution in [0.25, 0.3) is 0 Å². The Hall–Kier alpha value is -1.33. The summed E-state index contributed by atoms with van der Waals surface area (Å²) in [5.74, 6) is -0.0264. The monoisotopic (exact) mass is 364 g/mol. The Morgan fingerprint density at radius 3 is 1.17 bits per heavy atom. The van der Waals surface area contributed by atoms with Crippen LogP contribution in [0.2, 0.25) is 0 Å². The van der Waals surface area contributed by atoms with Gasteiger partial charge in [0.25, 0.3) is 0 Å². The van der Waals surface area contributed by atoms with Crippen molar-refractivity contribution in [2.75, 3.05) is 0 Å². The first-order chi connectivity index (χ1) is 10.7. The van der Waals surface area contributed by atoms with Gasteiger partial charge in [-0.2, -0.15) is 0 Å². The van der Waals surface area contributed by atoms with Crippen molar-refractivity contribution in [3.05, 3.63) is 59.7 Å². The molecule has 0 aliphatic rings. The number of benzene rings is 2. The summed E-state index contributed by atoms with van der Waals surface area (Å²) >= 11 is 0. The van der Waals surface area contributed by atoms with Crippen LogP contribution in [0.5, 0.6) is 11.5 Å². The molecule has 0 amide bonds. The van der Waals surface area contributed by atoms with Gasteiger partial charge in [0, 0.05) is 0 Å². The predicted octanol–water partition coefficient (Wildman–Crippen LogP) is 0.932. The maximum absolute atomic E-state index is 11.4. The Labute approximate surface area is 159 Å². The molecule has 0 heterocycles. The van der Waals surface area contributed by atoms with Gasteiger partial charge in [0.05, 0.1) is 0 Å². The van der Waals surface area contributed by atoms with Crippen LogP contribution in [0.4, 0.5) is 0 Å². The first-order valence-electron chi connectivity index (χ1n) is 7.55. The number of para-hydroxylation sites is 2. The standard InChI is InChI=1S/C13H12O2.2C3H7O.Ti/c14-12-7-3-1-5-10(12)9-11-6-2-4-8-13(11)15;2*1-3(2)4;/h1-8,14-15H,9H2;2*3H,1-2H3;/q;2*-1;+4/p-2. The molecule has 0 spiro atoms. The van der Waals surface area contributed by atoms with Crippen LogP contribution in [0.1, 0.15) is 38.8 Å². The largest absolute Gasteiger partial charge is 4.00 e. The topological polar surface area (TPSA) is 92.2 Å². The predicted molar refractivity (Wildman–Crippen MR) is 84.9 cm³/mol. The fourth-order valence-corrected chi connectivity index (χ4v) is 1.50. The summed E-state index contributed by atoms with van der Waals surface area (Å²) < 4.78 is 0. The summed E-state index contributed by atoms with van der Waals surface area (Å²) in [7, 11) is 0. The summed E-state index contributed by atoms with van der Waals surface area (Å²) in [6.45, 7) is 6.44. The van der Waals surface area contributed by atoms with Crippen molar-refractivity contribution >= 4 is 0 Å². The minimum atomic E-state index is -0.417. The molecule has 0 aromatic heterocycles. The molecule has 0 aliphatic heterocycles. The first kappa shape index (κ1) is 24.9. The van der Waals surface area contributed by atoms with Crippen LogP contribution >= 0.6 is 0 Å². The summed E-state index contributed by atoms with van der Waals surface area (Å²) in [6.07, 6.45) is -0.417. The minimum Gasteiger partial charge on any atom is -0.872 e. The first-order valence-corrected chi connectivity index (χ1v) is 7.55. The molecule has 2 aromatic rings. The molecule has 128 valence electrons. The van der Waals surface area contributed by atoms with Gasteiger partial charge in [-0.05, 0) is 6.42 Å². The zero-order chi connectivity index (χ0) is 17.8. The fraction of sp³-hybridized carbons (Fsp3) is 0.368. The molecule has 2 rings (SSSR count). The van der Waals surface area contributed by atoms with E-state index in [0.717, 1.165) is 0 Å². The Morgan fingerprint density at radius 1 is 0.667 bits per heavy atom. The van der Waals surface area contributed by atoms with E-state index in [0.29, 0.717) is 17.5 Å². The molecule has 0 unspecified atom stereocenters. The number of hydrogen-bond donors (Lipinski definition) is 0. The second-order valence-electron chi connectivity index (χ2n) is 5.49. The van der Waals surface area contributed by atoms with Crippen molar-refractivity contribution in [3.8, 4) is 11.5 Å². The van der Waals surface area contributed by atoms with E-state index in [-0.39, 0.29) is 33.2 Å². The minimum absolute atomic E-state index is 0. The van der Waals surface area contributed by atoms with Gasteiger partial charge in [-0.25, -0.2) is 0 Å². The quantitative estimate of drug-likeness (QED) is 0.741. The summed E-state index contributed by atoms with van der Waals surface area (Å²) in [4.78, 5) is 0. The van der Waals surface area contributed by atoms with Gasteiger partial charge < -0.3 is 20.4 Å². The molecular formula is C19H24O4Ti. The van der Waals surface area contributed by atoms with E-state index in [9.17, 15) is 20.4 Å². The van der Waals surface area contributed by atoms with Gasteiger partial charge >= 0.3 is 21.7 Å². The van der Waals surface area contributed by atoms with Crippen LogP contribution < -0.4 is 20.4 Å². The maximum atomic E-state index is 11.4.